The van der Waals surface area contributed by atoms with Gasteiger partial charge in [0.15, 0.2) is 0 Å². The van der Waals surface area contributed by atoms with E-state index in [2.05, 4.69) is 20.3 Å². The Hall–Kier alpha value is -1.14. The van der Waals surface area contributed by atoms with Crippen molar-refractivity contribution in [3.8, 4) is 0 Å². The summed E-state index contributed by atoms with van der Waals surface area (Å²) < 4.78 is 7.11. The van der Waals surface area contributed by atoms with Gasteiger partial charge in [-0.15, -0.1) is 5.10 Å². The number of ether oxygens (including phenoxy) is 1. The summed E-state index contributed by atoms with van der Waals surface area (Å²) in [6.07, 6.45) is 0. The van der Waals surface area contributed by atoms with E-state index in [9.17, 15) is 0 Å². The molecule has 0 aliphatic carbocycles. The van der Waals surface area contributed by atoms with Crippen molar-refractivity contribution in [2.45, 2.75) is 6.54 Å². The van der Waals surface area contributed by atoms with Crippen LogP contribution in [0.2, 0.25) is 0 Å². The summed E-state index contributed by atoms with van der Waals surface area (Å²) in [5.41, 5.74) is 0. The molecule has 6 heteroatoms. The minimum absolute atomic E-state index is 0.744. The predicted octanol–water partition coefficient (Wildman–Crippen LogP) is -0.629. The standard InChI is InChI=1S/C9H17N5O/c1-10-7-8-11-9(12-13(8)2)14-3-5-15-6-4-14/h10H,3-7H2,1-2H3. The molecule has 1 aliphatic heterocycles. The number of nitrogens with one attached hydrogen (secondary N) is 1. The summed E-state index contributed by atoms with van der Waals surface area (Å²) in [6, 6.07) is 0. The first kappa shape index (κ1) is 10.4. The van der Waals surface area contributed by atoms with Crippen LogP contribution < -0.4 is 10.2 Å². The number of anilines is 1. The van der Waals surface area contributed by atoms with Crippen LogP contribution in [0, 0.1) is 0 Å². The van der Waals surface area contributed by atoms with Crippen molar-refractivity contribution in [1.29, 1.82) is 0 Å². The lowest BCUT2D eigenvalue weighted by molar-refractivity contribution is 0.122. The quantitative estimate of drug-likeness (QED) is 0.721. The number of hydrogen-bond donors (Lipinski definition) is 1. The van der Waals surface area contributed by atoms with Crippen molar-refractivity contribution in [1.82, 2.24) is 20.1 Å². The first-order valence-corrected chi connectivity index (χ1v) is 5.18. The second kappa shape index (κ2) is 4.59. The van der Waals surface area contributed by atoms with E-state index in [1.54, 1.807) is 0 Å². The number of nitrogens with zero attached hydrogens (tertiary/aromatic N) is 4. The number of aromatic nitrogens is 3. The maximum Gasteiger partial charge on any atom is 0.245 e. The summed E-state index contributed by atoms with van der Waals surface area (Å²) in [6.45, 7) is 4.03. The van der Waals surface area contributed by atoms with Crippen molar-refractivity contribution in [2.24, 2.45) is 7.05 Å². The average Bonchev–Trinajstić information content (AvgIpc) is 2.63. The third-order valence-corrected chi connectivity index (χ3v) is 2.47. The van der Waals surface area contributed by atoms with Gasteiger partial charge in [0, 0.05) is 20.1 Å². The number of aryl methyl sites for hydroxylation is 1. The van der Waals surface area contributed by atoms with Gasteiger partial charge in [-0.1, -0.05) is 0 Å². The minimum atomic E-state index is 0.744. The van der Waals surface area contributed by atoms with Crippen molar-refractivity contribution >= 4 is 5.95 Å². The van der Waals surface area contributed by atoms with E-state index in [-0.39, 0.29) is 0 Å². The highest BCUT2D eigenvalue weighted by Crippen LogP contribution is 2.10. The molecule has 0 atom stereocenters. The van der Waals surface area contributed by atoms with Crippen LogP contribution in [0.4, 0.5) is 5.95 Å². The molecule has 6 nitrogen and oxygen atoms in total. The molecule has 0 bridgehead atoms. The van der Waals surface area contributed by atoms with E-state index in [1.807, 2.05) is 18.8 Å². The molecule has 1 aliphatic rings. The normalized spacial score (nSPS) is 17.1. The summed E-state index contributed by atoms with van der Waals surface area (Å²) in [5, 5.41) is 7.46. The summed E-state index contributed by atoms with van der Waals surface area (Å²) in [4.78, 5) is 6.64. The van der Waals surface area contributed by atoms with E-state index < -0.39 is 0 Å². The van der Waals surface area contributed by atoms with Gasteiger partial charge in [0.1, 0.15) is 5.82 Å². The Kier molecular flexibility index (Phi) is 3.17. The van der Waals surface area contributed by atoms with E-state index in [1.165, 1.54) is 0 Å². The predicted molar refractivity (Wildman–Crippen MR) is 56.8 cm³/mol. The molecule has 15 heavy (non-hydrogen) atoms. The van der Waals surface area contributed by atoms with E-state index in [4.69, 9.17) is 4.74 Å². The zero-order chi connectivity index (χ0) is 10.7. The number of rotatable bonds is 3. The van der Waals surface area contributed by atoms with Gasteiger partial charge >= 0.3 is 0 Å². The Morgan fingerprint density at radius 2 is 2.13 bits per heavy atom. The van der Waals surface area contributed by atoms with Gasteiger partial charge in [-0.05, 0) is 7.05 Å². The molecule has 1 aromatic rings. The van der Waals surface area contributed by atoms with Crippen molar-refractivity contribution in [3.63, 3.8) is 0 Å². The van der Waals surface area contributed by atoms with Crippen LogP contribution in [0.15, 0.2) is 0 Å². The molecule has 0 aromatic carbocycles. The lowest BCUT2D eigenvalue weighted by atomic mass is 10.4. The molecule has 1 fully saturated rings. The maximum atomic E-state index is 5.29. The molecule has 84 valence electrons. The molecule has 0 radical (unpaired) electrons. The van der Waals surface area contributed by atoms with Gasteiger partial charge in [0.05, 0.1) is 19.8 Å². The summed E-state index contributed by atoms with van der Waals surface area (Å²) >= 11 is 0. The molecule has 1 saturated heterocycles. The molecule has 2 rings (SSSR count). The monoisotopic (exact) mass is 211 g/mol. The largest absolute Gasteiger partial charge is 0.378 e. The van der Waals surface area contributed by atoms with Gasteiger partial charge in [-0.2, -0.15) is 4.98 Å². The zero-order valence-electron chi connectivity index (χ0n) is 9.23. The Labute approximate surface area is 89.2 Å². The van der Waals surface area contributed by atoms with Crippen LogP contribution in [0.3, 0.4) is 0 Å². The van der Waals surface area contributed by atoms with Crippen LogP contribution in [0.5, 0.6) is 0 Å². The highest BCUT2D eigenvalue weighted by atomic mass is 16.5. The Bertz CT molecular complexity index is 318. The van der Waals surface area contributed by atoms with Crippen LogP contribution >= 0.6 is 0 Å². The molecule has 0 amide bonds. The molecule has 1 N–H and O–H groups in total. The number of hydrogen-bond acceptors (Lipinski definition) is 5. The molecule has 1 aromatic heterocycles. The minimum Gasteiger partial charge on any atom is -0.378 e. The Morgan fingerprint density at radius 1 is 1.40 bits per heavy atom. The highest BCUT2D eigenvalue weighted by Gasteiger charge is 2.16. The molecule has 2 heterocycles. The SMILES string of the molecule is CNCc1nc(N2CCOCC2)nn1C. The second-order valence-electron chi connectivity index (χ2n) is 3.58. The molecule has 0 saturated carbocycles. The second-order valence-corrected chi connectivity index (χ2v) is 3.58. The van der Waals surface area contributed by atoms with Gasteiger partial charge in [-0.3, -0.25) is 0 Å². The van der Waals surface area contributed by atoms with Crippen LogP contribution in [-0.2, 0) is 18.3 Å². The maximum absolute atomic E-state index is 5.29. The smallest absolute Gasteiger partial charge is 0.245 e. The molecular formula is C9H17N5O. The fraction of sp³-hybridized carbons (Fsp3) is 0.778. The zero-order valence-corrected chi connectivity index (χ0v) is 9.23. The Morgan fingerprint density at radius 3 is 2.80 bits per heavy atom. The average molecular weight is 211 g/mol. The van der Waals surface area contributed by atoms with E-state index >= 15 is 0 Å². The summed E-state index contributed by atoms with van der Waals surface area (Å²) in [5.74, 6) is 1.77. The van der Waals surface area contributed by atoms with Crippen molar-refractivity contribution in [2.75, 3.05) is 38.3 Å². The first-order chi connectivity index (χ1) is 7.31. The van der Waals surface area contributed by atoms with Gasteiger partial charge in [0.25, 0.3) is 0 Å². The highest BCUT2D eigenvalue weighted by molar-refractivity contribution is 5.29. The fourth-order valence-corrected chi connectivity index (χ4v) is 1.61. The fourth-order valence-electron chi connectivity index (χ4n) is 1.61. The van der Waals surface area contributed by atoms with Crippen molar-refractivity contribution in [3.05, 3.63) is 5.82 Å². The summed E-state index contributed by atoms with van der Waals surface area (Å²) in [7, 11) is 3.83. The van der Waals surface area contributed by atoms with Gasteiger partial charge in [-0.25, -0.2) is 4.68 Å². The van der Waals surface area contributed by atoms with Crippen LogP contribution in [0.1, 0.15) is 5.82 Å². The molecule has 0 spiro atoms. The third-order valence-electron chi connectivity index (χ3n) is 2.47. The van der Waals surface area contributed by atoms with E-state index in [0.717, 1.165) is 44.6 Å². The van der Waals surface area contributed by atoms with E-state index in [0.29, 0.717) is 0 Å². The molecular weight excluding hydrogens is 194 g/mol. The van der Waals surface area contributed by atoms with Crippen LogP contribution in [-0.4, -0.2) is 48.1 Å². The topological polar surface area (TPSA) is 55.2 Å². The van der Waals surface area contributed by atoms with Gasteiger partial charge < -0.3 is 15.0 Å². The number of morpholine rings is 1. The first-order valence-electron chi connectivity index (χ1n) is 5.18. The lowest BCUT2D eigenvalue weighted by Crippen LogP contribution is -2.37. The van der Waals surface area contributed by atoms with Crippen LogP contribution in [0.25, 0.3) is 0 Å². The third kappa shape index (κ3) is 2.27. The Balaban J connectivity index is 2.10. The molecule has 0 unspecified atom stereocenters. The lowest BCUT2D eigenvalue weighted by Gasteiger charge is -2.25. The van der Waals surface area contributed by atoms with Crippen molar-refractivity contribution < 1.29 is 4.74 Å². The van der Waals surface area contributed by atoms with Gasteiger partial charge in [0.2, 0.25) is 5.95 Å².